The zero-order chi connectivity index (χ0) is 19.1. The number of benzene rings is 2. The lowest BCUT2D eigenvalue weighted by molar-refractivity contribution is 0.804. The minimum absolute atomic E-state index is 0.252. The molecule has 142 valence electrons. The number of hydrogen-bond donors (Lipinski definition) is 2. The van der Waals surface area contributed by atoms with E-state index in [2.05, 4.69) is 88.6 Å². The van der Waals surface area contributed by atoms with E-state index in [1.807, 2.05) is 0 Å². The van der Waals surface area contributed by atoms with Crippen LogP contribution >= 0.6 is 0 Å². The topological polar surface area (TPSA) is 24.1 Å². The molecule has 0 aliphatic carbocycles. The first kappa shape index (κ1) is 20.4. The Bertz CT molecular complexity index is 599. The van der Waals surface area contributed by atoms with Crippen LogP contribution in [0.25, 0.3) is 0 Å². The molecule has 2 rings (SSSR count). The Hall–Kier alpha value is -1.96. The highest BCUT2D eigenvalue weighted by Gasteiger charge is 2.10. The number of para-hydroxylation sites is 2. The second kappa shape index (κ2) is 9.66. The molecule has 2 aromatic carbocycles. The Labute approximate surface area is 160 Å². The zero-order valence-corrected chi connectivity index (χ0v) is 17.4. The van der Waals surface area contributed by atoms with Crippen molar-refractivity contribution in [1.29, 1.82) is 0 Å². The van der Waals surface area contributed by atoms with Crippen molar-refractivity contribution in [3.8, 4) is 0 Å². The fraction of sp³-hybridized carbons (Fsp3) is 0.458. The third kappa shape index (κ3) is 4.60. The second-order valence-corrected chi connectivity index (χ2v) is 6.99. The van der Waals surface area contributed by atoms with Crippen LogP contribution in [0.2, 0.25) is 0 Å². The summed E-state index contributed by atoms with van der Waals surface area (Å²) in [5, 5.41) is 7.51. The van der Waals surface area contributed by atoms with Gasteiger partial charge < -0.3 is 10.6 Å². The Kier molecular flexibility index (Phi) is 7.56. The summed E-state index contributed by atoms with van der Waals surface area (Å²) in [7, 11) is 0. The second-order valence-electron chi connectivity index (χ2n) is 6.99. The summed E-state index contributed by atoms with van der Waals surface area (Å²) >= 11 is 0. The molecule has 0 fully saturated rings. The molecular formula is C24H35N2-. The van der Waals surface area contributed by atoms with Crippen LogP contribution in [0.1, 0.15) is 63.8 Å². The van der Waals surface area contributed by atoms with Crippen molar-refractivity contribution >= 4 is 11.4 Å². The van der Waals surface area contributed by atoms with Crippen molar-refractivity contribution in [2.45, 2.75) is 73.3 Å². The highest BCUT2D eigenvalue weighted by Crippen LogP contribution is 2.28. The van der Waals surface area contributed by atoms with E-state index in [1.165, 1.54) is 39.7 Å². The summed E-state index contributed by atoms with van der Waals surface area (Å²) in [6, 6.07) is 14.8. The van der Waals surface area contributed by atoms with E-state index in [9.17, 15) is 0 Å². The zero-order valence-electron chi connectivity index (χ0n) is 17.4. The van der Waals surface area contributed by atoms with Crippen LogP contribution in [-0.2, 0) is 25.7 Å². The molecular weight excluding hydrogens is 316 g/mol. The highest BCUT2D eigenvalue weighted by molar-refractivity contribution is 5.62. The summed E-state index contributed by atoms with van der Waals surface area (Å²) in [4.78, 5) is 0. The van der Waals surface area contributed by atoms with Gasteiger partial charge in [0.1, 0.15) is 0 Å². The molecule has 2 N–H and O–H groups in total. The number of nitrogens with one attached hydrogen (secondary N) is 2. The monoisotopic (exact) mass is 351 g/mol. The van der Waals surface area contributed by atoms with Gasteiger partial charge in [-0.1, -0.05) is 77.1 Å². The standard InChI is InChI=1S/C24H35N2/c1-7-19-13-11-14-20(8-2)23(19)25-17(5)18(6)26-24-21(9-3)15-12-16-22(24)10-4/h11-17,25-26H,7-10H2,1-6H3/q-1. The molecule has 1 unspecified atom stereocenters. The lowest BCUT2D eigenvalue weighted by Gasteiger charge is -2.39. The lowest BCUT2D eigenvalue weighted by Crippen LogP contribution is -2.29. The first-order chi connectivity index (χ1) is 12.5. The highest BCUT2D eigenvalue weighted by atomic mass is 15.0. The normalized spacial score (nSPS) is 12.3. The fourth-order valence-electron chi connectivity index (χ4n) is 3.46. The number of aryl methyl sites for hydroxylation is 4. The van der Waals surface area contributed by atoms with E-state index in [0.717, 1.165) is 25.7 Å². The van der Waals surface area contributed by atoms with Crippen LogP contribution in [0.15, 0.2) is 36.4 Å². The maximum atomic E-state index is 3.78. The number of rotatable bonds is 9. The molecule has 0 saturated carbocycles. The average molecular weight is 352 g/mol. The van der Waals surface area contributed by atoms with Crippen molar-refractivity contribution in [3.63, 3.8) is 0 Å². The molecule has 2 aromatic rings. The Morgan fingerprint density at radius 3 is 1.50 bits per heavy atom. The first-order valence-corrected chi connectivity index (χ1v) is 10.1. The van der Waals surface area contributed by atoms with Gasteiger partial charge in [0.05, 0.1) is 0 Å². The van der Waals surface area contributed by atoms with Crippen molar-refractivity contribution in [3.05, 3.63) is 64.7 Å². The van der Waals surface area contributed by atoms with Gasteiger partial charge in [-0.2, -0.15) is 6.92 Å². The van der Waals surface area contributed by atoms with Crippen molar-refractivity contribution in [2.75, 3.05) is 10.6 Å². The van der Waals surface area contributed by atoms with Gasteiger partial charge in [0, 0.05) is 11.4 Å². The minimum atomic E-state index is 0.252. The van der Waals surface area contributed by atoms with E-state index in [1.54, 1.807) is 0 Å². The molecule has 0 aliphatic rings. The summed E-state index contributed by atoms with van der Waals surface area (Å²) < 4.78 is 0. The van der Waals surface area contributed by atoms with Crippen LogP contribution in [0.4, 0.5) is 11.4 Å². The molecule has 2 heteroatoms. The van der Waals surface area contributed by atoms with Gasteiger partial charge in [0.25, 0.3) is 0 Å². The van der Waals surface area contributed by atoms with Crippen LogP contribution in [-0.4, -0.2) is 6.04 Å². The van der Waals surface area contributed by atoms with Crippen LogP contribution in [0.3, 0.4) is 0 Å². The minimum Gasteiger partial charge on any atom is -0.530 e. The number of hydrogen-bond acceptors (Lipinski definition) is 2. The molecule has 0 bridgehead atoms. The van der Waals surface area contributed by atoms with E-state index in [-0.39, 0.29) is 6.04 Å². The molecule has 0 aromatic heterocycles. The molecule has 0 amide bonds. The van der Waals surface area contributed by atoms with E-state index in [4.69, 9.17) is 0 Å². The fourth-order valence-corrected chi connectivity index (χ4v) is 3.46. The van der Waals surface area contributed by atoms with Gasteiger partial charge in [-0.25, -0.2) is 6.04 Å². The van der Waals surface area contributed by atoms with E-state index in [0.29, 0.717) is 0 Å². The third-order valence-corrected chi connectivity index (χ3v) is 5.33. The largest absolute Gasteiger partial charge is 0.530 e. The summed E-state index contributed by atoms with van der Waals surface area (Å²) in [5.41, 5.74) is 8.17. The number of anilines is 2. The Morgan fingerprint density at radius 2 is 1.12 bits per heavy atom. The SMILES string of the molecule is CCc1cccc(CC)c1N[C-](C)C(C)Nc1c(CC)cccc1CC. The molecule has 0 heterocycles. The maximum Gasteiger partial charge on any atom is 0.0383 e. The quantitative estimate of drug-likeness (QED) is 0.511. The lowest BCUT2D eigenvalue weighted by atomic mass is 10.00. The van der Waals surface area contributed by atoms with Gasteiger partial charge in [0.2, 0.25) is 0 Å². The van der Waals surface area contributed by atoms with Gasteiger partial charge in [-0.05, 0) is 47.9 Å². The predicted molar refractivity (Wildman–Crippen MR) is 116 cm³/mol. The van der Waals surface area contributed by atoms with Crippen LogP contribution < -0.4 is 10.6 Å². The predicted octanol–water partition coefficient (Wildman–Crippen LogP) is 6.40. The van der Waals surface area contributed by atoms with Crippen molar-refractivity contribution < 1.29 is 0 Å². The average Bonchev–Trinajstić information content (AvgIpc) is 2.67. The Balaban J connectivity index is 2.21. The maximum absolute atomic E-state index is 3.78. The Morgan fingerprint density at radius 1 is 0.731 bits per heavy atom. The van der Waals surface area contributed by atoms with Crippen molar-refractivity contribution in [2.24, 2.45) is 0 Å². The first-order valence-electron chi connectivity index (χ1n) is 10.1. The summed E-state index contributed by atoms with van der Waals surface area (Å²) in [5.74, 6) is 0. The smallest absolute Gasteiger partial charge is 0.0383 e. The summed E-state index contributed by atoms with van der Waals surface area (Å²) in [6.45, 7) is 13.3. The van der Waals surface area contributed by atoms with E-state index < -0.39 is 0 Å². The summed E-state index contributed by atoms with van der Waals surface area (Å²) in [6.07, 6.45) is 4.19. The van der Waals surface area contributed by atoms with Gasteiger partial charge in [-0.15, -0.1) is 0 Å². The molecule has 1 atom stereocenters. The van der Waals surface area contributed by atoms with E-state index >= 15 is 0 Å². The van der Waals surface area contributed by atoms with Crippen LogP contribution in [0.5, 0.6) is 0 Å². The molecule has 0 radical (unpaired) electrons. The van der Waals surface area contributed by atoms with Gasteiger partial charge in [-0.3, -0.25) is 0 Å². The third-order valence-electron chi connectivity index (χ3n) is 5.33. The molecule has 26 heavy (non-hydrogen) atoms. The van der Waals surface area contributed by atoms with Gasteiger partial charge >= 0.3 is 0 Å². The van der Waals surface area contributed by atoms with Crippen molar-refractivity contribution in [1.82, 2.24) is 0 Å². The molecule has 2 nitrogen and oxygen atoms in total. The molecule has 0 spiro atoms. The molecule has 0 aliphatic heterocycles. The molecule has 0 saturated heterocycles. The van der Waals surface area contributed by atoms with Crippen LogP contribution in [0, 0.1) is 6.04 Å². The van der Waals surface area contributed by atoms with Gasteiger partial charge in [0.15, 0.2) is 0 Å².